The Balaban J connectivity index is 2.41. The highest BCUT2D eigenvalue weighted by Crippen LogP contribution is 2.31. The fourth-order valence-corrected chi connectivity index (χ4v) is 2.40. The maximum atomic E-state index is 10.8. The van der Waals surface area contributed by atoms with Crippen molar-refractivity contribution in [2.75, 3.05) is 13.1 Å². The molecule has 1 fully saturated rings. The van der Waals surface area contributed by atoms with Gasteiger partial charge in [0.25, 0.3) is 0 Å². The molecular formula is C13H25NO2. The minimum Gasteiger partial charge on any atom is -0.480 e. The Labute approximate surface area is 98.8 Å². The van der Waals surface area contributed by atoms with Crippen LogP contribution in [0.2, 0.25) is 0 Å². The summed E-state index contributed by atoms with van der Waals surface area (Å²) in [4.78, 5) is 12.9. The van der Waals surface area contributed by atoms with Gasteiger partial charge in [0.05, 0.1) is 6.54 Å². The van der Waals surface area contributed by atoms with Gasteiger partial charge in [-0.3, -0.25) is 9.69 Å². The van der Waals surface area contributed by atoms with Crippen molar-refractivity contribution in [2.45, 2.75) is 52.5 Å². The largest absolute Gasteiger partial charge is 0.480 e. The highest BCUT2D eigenvalue weighted by Gasteiger charge is 2.24. The smallest absolute Gasteiger partial charge is 0.317 e. The van der Waals surface area contributed by atoms with Crippen LogP contribution in [0.15, 0.2) is 0 Å². The van der Waals surface area contributed by atoms with Crippen LogP contribution >= 0.6 is 0 Å². The fourth-order valence-electron chi connectivity index (χ4n) is 2.40. The van der Waals surface area contributed by atoms with E-state index >= 15 is 0 Å². The van der Waals surface area contributed by atoms with Crippen molar-refractivity contribution in [3.8, 4) is 0 Å². The van der Waals surface area contributed by atoms with Gasteiger partial charge in [0.2, 0.25) is 0 Å². The van der Waals surface area contributed by atoms with Crippen molar-refractivity contribution in [3.05, 3.63) is 0 Å². The van der Waals surface area contributed by atoms with Gasteiger partial charge in [-0.2, -0.15) is 0 Å². The van der Waals surface area contributed by atoms with Crippen LogP contribution in [0.4, 0.5) is 0 Å². The molecular weight excluding hydrogens is 202 g/mol. The van der Waals surface area contributed by atoms with Crippen molar-refractivity contribution in [2.24, 2.45) is 11.8 Å². The summed E-state index contributed by atoms with van der Waals surface area (Å²) in [6.45, 7) is 7.53. The van der Waals surface area contributed by atoms with Crippen LogP contribution in [-0.2, 0) is 4.79 Å². The number of aliphatic carboxylic acids is 1. The van der Waals surface area contributed by atoms with Gasteiger partial charge in [-0.05, 0) is 25.2 Å². The third kappa shape index (κ3) is 4.52. The van der Waals surface area contributed by atoms with Gasteiger partial charge in [0, 0.05) is 12.6 Å². The van der Waals surface area contributed by atoms with Crippen LogP contribution in [-0.4, -0.2) is 35.1 Å². The van der Waals surface area contributed by atoms with Gasteiger partial charge in [-0.25, -0.2) is 0 Å². The SMILES string of the molecule is CC(C)CN(CC(=O)O)C(C)CC1CCC1. The Bertz CT molecular complexity index is 224. The van der Waals surface area contributed by atoms with Crippen LogP contribution in [0.1, 0.15) is 46.5 Å². The summed E-state index contributed by atoms with van der Waals surface area (Å²) in [5, 5.41) is 8.91. The van der Waals surface area contributed by atoms with E-state index in [9.17, 15) is 4.79 Å². The summed E-state index contributed by atoms with van der Waals surface area (Å²) >= 11 is 0. The molecule has 3 nitrogen and oxygen atoms in total. The van der Waals surface area contributed by atoms with E-state index in [2.05, 4.69) is 25.7 Å². The van der Waals surface area contributed by atoms with Crippen LogP contribution in [0, 0.1) is 11.8 Å². The molecule has 0 radical (unpaired) electrons. The molecule has 1 N–H and O–H groups in total. The third-order valence-electron chi connectivity index (χ3n) is 3.46. The minimum absolute atomic E-state index is 0.187. The number of carbonyl (C=O) groups is 1. The second-order valence-corrected chi connectivity index (χ2v) is 5.60. The van der Waals surface area contributed by atoms with Crippen LogP contribution < -0.4 is 0 Å². The molecule has 1 saturated carbocycles. The Hall–Kier alpha value is -0.570. The topological polar surface area (TPSA) is 40.5 Å². The van der Waals surface area contributed by atoms with Gasteiger partial charge in [0.15, 0.2) is 0 Å². The number of carboxylic acid groups (broad SMARTS) is 1. The lowest BCUT2D eigenvalue weighted by Gasteiger charge is -2.34. The molecule has 1 aliphatic rings. The van der Waals surface area contributed by atoms with Crippen molar-refractivity contribution in [3.63, 3.8) is 0 Å². The maximum Gasteiger partial charge on any atom is 0.317 e. The van der Waals surface area contributed by atoms with Gasteiger partial charge in [-0.1, -0.05) is 33.1 Å². The van der Waals surface area contributed by atoms with Crippen molar-refractivity contribution < 1.29 is 9.90 Å². The van der Waals surface area contributed by atoms with Crippen LogP contribution in [0.25, 0.3) is 0 Å². The Morgan fingerprint density at radius 2 is 2.00 bits per heavy atom. The van der Waals surface area contributed by atoms with E-state index in [0.29, 0.717) is 12.0 Å². The fraction of sp³-hybridized carbons (Fsp3) is 0.923. The molecule has 0 bridgehead atoms. The van der Waals surface area contributed by atoms with Crippen molar-refractivity contribution in [1.82, 2.24) is 4.90 Å². The number of carboxylic acids is 1. The molecule has 1 atom stereocenters. The summed E-state index contributed by atoms with van der Waals surface area (Å²) < 4.78 is 0. The standard InChI is InChI=1S/C13H25NO2/c1-10(2)8-14(9-13(15)16)11(3)7-12-5-4-6-12/h10-12H,4-9H2,1-3H3,(H,15,16). The van der Waals surface area contributed by atoms with E-state index in [4.69, 9.17) is 5.11 Å². The quantitative estimate of drug-likeness (QED) is 0.727. The molecule has 0 amide bonds. The first kappa shape index (κ1) is 13.5. The Kier molecular flexibility index (Phi) is 5.26. The van der Waals surface area contributed by atoms with Crippen molar-refractivity contribution in [1.29, 1.82) is 0 Å². The summed E-state index contributed by atoms with van der Waals surface area (Å²) in [6.07, 6.45) is 5.21. The predicted molar refractivity (Wildman–Crippen MR) is 65.5 cm³/mol. The summed E-state index contributed by atoms with van der Waals surface area (Å²) in [5.74, 6) is 0.669. The zero-order valence-corrected chi connectivity index (χ0v) is 10.8. The molecule has 0 aromatic rings. The molecule has 94 valence electrons. The average Bonchev–Trinajstić information content (AvgIpc) is 2.08. The first-order chi connectivity index (χ1) is 7.49. The van der Waals surface area contributed by atoms with Gasteiger partial charge in [-0.15, -0.1) is 0 Å². The Morgan fingerprint density at radius 3 is 2.38 bits per heavy atom. The van der Waals surface area contributed by atoms with E-state index in [-0.39, 0.29) is 6.54 Å². The molecule has 0 spiro atoms. The first-order valence-electron chi connectivity index (χ1n) is 6.45. The summed E-state index contributed by atoms with van der Waals surface area (Å²) in [5.41, 5.74) is 0. The first-order valence-corrected chi connectivity index (χ1v) is 6.45. The molecule has 16 heavy (non-hydrogen) atoms. The molecule has 0 saturated heterocycles. The number of rotatable bonds is 7. The maximum absolute atomic E-state index is 10.8. The highest BCUT2D eigenvalue weighted by atomic mass is 16.4. The molecule has 1 unspecified atom stereocenters. The molecule has 3 heteroatoms. The van der Waals surface area contributed by atoms with Crippen LogP contribution in [0.5, 0.6) is 0 Å². The average molecular weight is 227 g/mol. The Morgan fingerprint density at radius 1 is 1.38 bits per heavy atom. The number of nitrogens with zero attached hydrogens (tertiary/aromatic N) is 1. The van der Waals surface area contributed by atoms with E-state index in [1.54, 1.807) is 0 Å². The molecule has 0 aromatic carbocycles. The van der Waals surface area contributed by atoms with E-state index in [1.807, 2.05) is 0 Å². The van der Waals surface area contributed by atoms with E-state index in [1.165, 1.54) is 25.7 Å². The van der Waals surface area contributed by atoms with E-state index < -0.39 is 5.97 Å². The molecule has 0 aromatic heterocycles. The summed E-state index contributed by atoms with van der Waals surface area (Å²) in [6, 6.07) is 0.406. The second kappa shape index (κ2) is 6.24. The molecule has 1 rings (SSSR count). The molecule has 0 heterocycles. The molecule has 0 aliphatic heterocycles. The third-order valence-corrected chi connectivity index (χ3v) is 3.46. The van der Waals surface area contributed by atoms with Gasteiger partial charge in [0.1, 0.15) is 0 Å². The number of hydrogen-bond acceptors (Lipinski definition) is 2. The van der Waals surface area contributed by atoms with Gasteiger partial charge >= 0.3 is 5.97 Å². The minimum atomic E-state index is -0.707. The van der Waals surface area contributed by atoms with Crippen LogP contribution in [0.3, 0.4) is 0 Å². The molecule has 1 aliphatic carbocycles. The predicted octanol–water partition coefficient (Wildman–Crippen LogP) is 2.61. The lowest BCUT2D eigenvalue weighted by Crippen LogP contribution is -2.41. The monoisotopic (exact) mass is 227 g/mol. The number of hydrogen-bond donors (Lipinski definition) is 1. The lowest BCUT2D eigenvalue weighted by molar-refractivity contribution is -0.139. The zero-order chi connectivity index (χ0) is 12.1. The van der Waals surface area contributed by atoms with E-state index in [0.717, 1.165) is 12.5 Å². The second-order valence-electron chi connectivity index (χ2n) is 5.60. The summed E-state index contributed by atoms with van der Waals surface area (Å²) in [7, 11) is 0. The zero-order valence-electron chi connectivity index (χ0n) is 10.8. The lowest BCUT2D eigenvalue weighted by atomic mass is 9.81. The van der Waals surface area contributed by atoms with Crippen molar-refractivity contribution >= 4 is 5.97 Å². The highest BCUT2D eigenvalue weighted by molar-refractivity contribution is 5.69. The normalized spacial score (nSPS) is 18.8. The van der Waals surface area contributed by atoms with Gasteiger partial charge < -0.3 is 5.11 Å².